The van der Waals surface area contributed by atoms with Crippen molar-refractivity contribution in [3.8, 4) is 11.3 Å². The number of halogens is 1. The van der Waals surface area contributed by atoms with Gasteiger partial charge in [0.15, 0.2) is 5.13 Å². The Morgan fingerprint density at radius 3 is 2.48 bits per heavy atom. The van der Waals surface area contributed by atoms with E-state index >= 15 is 0 Å². The average molecular weight is 326 g/mol. The van der Waals surface area contributed by atoms with Gasteiger partial charge in [-0.3, -0.25) is 9.69 Å². The van der Waals surface area contributed by atoms with E-state index in [4.69, 9.17) is 0 Å². The predicted octanol–water partition coefficient (Wildman–Crippen LogP) is 4.62. The maximum Gasteiger partial charge on any atom is 0.260 e. The van der Waals surface area contributed by atoms with Gasteiger partial charge in [0.05, 0.1) is 5.69 Å². The van der Waals surface area contributed by atoms with Crippen molar-refractivity contribution >= 4 is 22.4 Å². The van der Waals surface area contributed by atoms with Crippen molar-refractivity contribution in [1.82, 2.24) is 4.98 Å². The normalized spacial score (nSPS) is 10.5. The summed E-state index contributed by atoms with van der Waals surface area (Å²) in [6.07, 6.45) is 0. The summed E-state index contributed by atoms with van der Waals surface area (Å²) in [6, 6.07) is 15.4. The third kappa shape index (κ3) is 3.29. The van der Waals surface area contributed by atoms with Crippen molar-refractivity contribution < 1.29 is 9.18 Å². The van der Waals surface area contributed by atoms with Gasteiger partial charge in [0.1, 0.15) is 5.82 Å². The lowest BCUT2D eigenvalue weighted by atomic mass is 10.2. The summed E-state index contributed by atoms with van der Waals surface area (Å²) in [6.45, 7) is 2.39. The molecule has 3 aromatic rings. The van der Waals surface area contributed by atoms with Gasteiger partial charge < -0.3 is 0 Å². The number of anilines is 1. The summed E-state index contributed by atoms with van der Waals surface area (Å²) in [4.78, 5) is 18.8. The highest BCUT2D eigenvalue weighted by Crippen LogP contribution is 2.28. The molecule has 0 spiro atoms. The molecule has 0 bridgehead atoms. The Morgan fingerprint density at radius 2 is 1.83 bits per heavy atom. The Balaban J connectivity index is 1.88. The van der Waals surface area contributed by atoms with Crippen LogP contribution >= 0.6 is 11.3 Å². The van der Waals surface area contributed by atoms with Crippen LogP contribution in [0.3, 0.4) is 0 Å². The highest BCUT2D eigenvalue weighted by Gasteiger charge is 2.19. The lowest BCUT2D eigenvalue weighted by molar-refractivity contribution is 0.0988. The second-order valence-corrected chi connectivity index (χ2v) is 5.77. The third-order valence-corrected chi connectivity index (χ3v) is 4.31. The van der Waals surface area contributed by atoms with Gasteiger partial charge in [0.25, 0.3) is 5.91 Å². The van der Waals surface area contributed by atoms with Crippen LogP contribution in [0.25, 0.3) is 11.3 Å². The number of benzene rings is 2. The molecule has 0 aliphatic rings. The number of amides is 1. The molecule has 1 amide bonds. The maximum atomic E-state index is 13.0. The number of rotatable bonds is 4. The second-order valence-electron chi connectivity index (χ2n) is 4.94. The average Bonchev–Trinajstić information content (AvgIpc) is 3.06. The van der Waals surface area contributed by atoms with Crippen LogP contribution in [0.1, 0.15) is 17.3 Å². The summed E-state index contributed by atoms with van der Waals surface area (Å²) in [5.41, 5.74) is 2.31. The largest absolute Gasteiger partial charge is 0.284 e. The summed E-state index contributed by atoms with van der Waals surface area (Å²) >= 11 is 1.42. The summed E-state index contributed by atoms with van der Waals surface area (Å²) in [5, 5.41) is 2.58. The molecule has 0 saturated heterocycles. The van der Waals surface area contributed by atoms with Gasteiger partial charge in [-0.05, 0) is 31.2 Å². The van der Waals surface area contributed by atoms with Crippen molar-refractivity contribution in [2.24, 2.45) is 0 Å². The van der Waals surface area contributed by atoms with E-state index in [1.807, 2.05) is 42.6 Å². The molecule has 2 aromatic carbocycles. The molecular weight excluding hydrogens is 311 g/mol. The van der Waals surface area contributed by atoms with E-state index in [1.165, 1.54) is 35.6 Å². The van der Waals surface area contributed by atoms with E-state index in [0.29, 0.717) is 17.2 Å². The summed E-state index contributed by atoms with van der Waals surface area (Å²) in [7, 11) is 0. The van der Waals surface area contributed by atoms with Gasteiger partial charge in [-0.1, -0.05) is 30.3 Å². The smallest absolute Gasteiger partial charge is 0.260 e. The minimum Gasteiger partial charge on any atom is -0.284 e. The predicted molar refractivity (Wildman–Crippen MR) is 91.3 cm³/mol. The Morgan fingerprint density at radius 1 is 1.13 bits per heavy atom. The van der Waals surface area contributed by atoms with Crippen molar-refractivity contribution in [2.75, 3.05) is 11.4 Å². The van der Waals surface area contributed by atoms with Gasteiger partial charge in [-0.2, -0.15) is 0 Å². The Kier molecular flexibility index (Phi) is 4.48. The van der Waals surface area contributed by atoms with E-state index in [9.17, 15) is 9.18 Å². The minimum atomic E-state index is -0.356. The van der Waals surface area contributed by atoms with Crippen LogP contribution in [0.15, 0.2) is 60.0 Å². The standard InChI is InChI=1S/C18H15FN2OS/c1-2-21(17(22)14-8-10-15(19)11-9-14)18-20-16(12-23-18)13-6-4-3-5-7-13/h3-12H,2H2,1H3. The van der Waals surface area contributed by atoms with Gasteiger partial charge in [0, 0.05) is 23.1 Å². The number of carbonyl (C=O) groups excluding carboxylic acids is 1. The zero-order valence-electron chi connectivity index (χ0n) is 12.6. The number of hydrogen-bond acceptors (Lipinski definition) is 3. The van der Waals surface area contributed by atoms with Gasteiger partial charge in [-0.15, -0.1) is 11.3 Å². The molecule has 0 N–H and O–H groups in total. The number of aromatic nitrogens is 1. The maximum absolute atomic E-state index is 13.0. The monoisotopic (exact) mass is 326 g/mol. The molecule has 0 saturated carbocycles. The third-order valence-electron chi connectivity index (χ3n) is 3.45. The highest BCUT2D eigenvalue weighted by molar-refractivity contribution is 7.14. The van der Waals surface area contributed by atoms with Crippen LogP contribution in [0, 0.1) is 5.82 Å². The van der Waals surface area contributed by atoms with Gasteiger partial charge >= 0.3 is 0 Å². The van der Waals surface area contributed by atoms with E-state index in [0.717, 1.165) is 11.3 Å². The van der Waals surface area contributed by atoms with Crippen LogP contribution in [0.2, 0.25) is 0 Å². The molecule has 3 nitrogen and oxygen atoms in total. The van der Waals surface area contributed by atoms with Crippen LogP contribution in [0.5, 0.6) is 0 Å². The molecule has 116 valence electrons. The Bertz CT molecular complexity index is 799. The zero-order valence-corrected chi connectivity index (χ0v) is 13.4. The molecule has 1 aromatic heterocycles. The van der Waals surface area contributed by atoms with Crippen molar-refractivity contribution in [3.05, 3.63) is 71.4 Å². The number of nitrogens with zero attached hydrogens (tertiary/aromatic N) is 2. The molecule has 0 radical (unpaired) electrons. The minimum absolute atomic E-state index is 0.179. The highest BCUT2D eigenvalue weighted by atomic mass is 32.1. The van der Waals surface area contributed by atoms with E-state index < -0.39 is 0 Å². The zero-order chi connectivity index (χ0) is 16.2. The first-order chi connectivity index (χ1) is 11.2. The van der Waals surface area contributed by atoms with Gasteiger partial charge in [0.2, 0.25) is 0 Å². The number of hydrogen-bond donors (Lipinski definition) is 0. The molecule has 0 aliphatic carbocycles. The van der Waals surface area contributed by atoms with Crippen LogP contribution < -0.4 is 4.90 Å². The summed E-state index contributed by atoms with van der Waals surface area (Å²) < 4.78 is 13.0. The first-order valence-electron chi connectivity index (χ1n) is 7.27. The summed E-state index contributed by atoms with van der Waals surface area (Å²) in [5.74, 6) is -0.535. The van der Waals surface area contributed by atoms with Crippen molar-refractivity contribution in [2.45, 2.75) is 6.92 Å². The molecule has 0 aliphatic heterocycles. The topological polar surface area (TPSA) is 33.2 Å². The molecule has 23 heavy (non-hydrogen) atoms. The first kappa shape index (κ1) is 15.4. The Hall–Kier alpha value is -2.53. The lowest BCUT2D eigenvalue weighted by Crippen LogP contribution is -2.30. The fraction of sp³-hybridized carbons (Fsp3) is 0.111. The SMILES string of the molecule is CCN(C(=O)c1ccc(F)cc1)c1nc(-c2ccccc2)cs1. The molecule has 0 unspecified atom stereocenters. The van der Waals surface area contributed by atoms with E-state index in [1.54, 1.807) is 4.90 Å². The second kappa shape index (κ2) is 6.71. The number of thiazole rings is 1. The van der Waals surface area contributed by atoms with Crippen LogP contribution in [-0.4, -0.2) is 17.4 Å². The van der Waals surface area contributed by atoms with E-state index in [-0.39, 0.29) is 11.7 Å². The van der Waals surface area contributed by atoms with Gasteiger partial charge in [-0.25, -0.2) is 9.37 Å². The first-order valence-corrected chi connectivity index (χ1v) is 8.15. The molecule has 1 heterocycles. The number of carbonyl (C=O) groups is 1. The lowest BCUT2D eigenvalue weighted by Gasteiger charge is -2.17. The van der Waals surface area contributed by atoms with E-state index in [2.05, 4.69) is 4.98 Å². The fourth-order valence-electron chi connectivity index (χ4n) is 2.24. The van der Waals surface area contributed by atoms with Crippen molar-refractivity contribution in [1.29, 1.82) is 0 Å². The molecule has 0 atom stereocenters. The molecular formula is C18H15FN2OS. The van der Waals surface area contributed by atoms with Crippen molar-refractivity contribution in [3.63, 3.8) is 0 Å². The Labute approximate surface area is 138 Å². The quantitative estimate of drug-likeness (QED) is 0.701. The molecule has 3 rings (SSSR count). The fourth-order valence-corrected chi connectivity index (χ4v) is 3.14. The molecule has 0 fully saturated rings. The van der Waals surface area contributed by atoms with Crippen LogP contribution in [-0.2, 0) is 0 Å². The molecule has 5 heteroatoms. The van der Waals surface area contributed by atoms with Crippen LogP contribution in [0.4, 0.5) is 9.52 Å².